The lowest BCUT2D eigenvalue weighted by atomic mass is 9.78. The van der Waals surface area contributed by atoms with E-state index in [0.717, 1.165) is 0 Å². The van der Waals surface area contributed by atoms with Gasteiger partial charge in [0.25, 0.3) is 0 Å². The fraction of sp³-hybridized carbons (Fsp3) is 0.333. The van der Waals surface area contributed by atoms with Gasteiger partial charge in [0.1, 0.15) is 0 Å². The van der Waals surface area contributed by atoms with E-state index >= 15 is 0 Å². The van der Waals surface area contributed by atoms with Crippen LogP contribution in [0.15, 0.2) is 42.5 Å². The van der Waals surface area contributed by atoms with Gasteiger partial charge in [-0.2, -0.15) is 0 Å². The Morgan fingerprint density at radius 1 is 1.16 bits per heavy atom. The smallest absolute Gasteiger partial charge is 0.241 e. The number of fused-ring (bicyclic) bond motifs is 5. The van der Waals surface area contributed by atoms with Crippen LogP contribution >= 0.6 is 0 Å². The molecule has 1 aromatic rings. The van der Waals surface area contributed by atoms with E-state index in [1.165, 1.54) is 4.90 Å². The van der Waals surface area contributed by atoms with Gasteiger partial charge in [-0.25, -0.2) is 4.90 Å². The van der Waals surface area contributed by atoms with Gasteiger partial charge in [-0.15, -0.1) is 0 Å². The molecule has 1 aromatic carbocycles. The number of para-hydroxylation sites is 1. The van der Waals surface area contributed by atoms with Gasteiger partial charge in [0.2, 0.25) is 11.8 Å². The number of nitrogens with zero attached hydrogens (tertiary/aromatic N) is 1. The van der Waals surface area contributed by atoms with Crippen LogP contribution in [0.3, 0.4) is 0 Å². The Morgan fingerprint density at radius 3 is 2.58 bits per heavy atom. The van der Waals surface area contributed by atoms with Crippen LogP contribution in [0.5, 0.6) is 0 Å². The SMILES string of the molecule is C[C@@]12C=C[C@@H](O1)[C@@H]1C(=O)N(c3ccccc3)C(=O)[C@H]12. The largest absolute Gasteiger partial charge is 0.362 e. The van der Waals surface area contributed by atoms with Crippen LogP contribution < -0.4 is 4.90 Å². The molecule has 0 aliphatic carbocycles. The maximum Gasteiger partial charge on any atom is 0.241 e. The van der Waals surface area contributed by atoms with E-state index in [4.69, 9.17) is 4.74 Å². The standard InChI is InChI=1S/C15H13NO3/c1-15-8-7-10(19-15)11-12(15)14(18)16(13(11)17)9-5-3-2-4-6-9/h2-8,10-12H,1H3/t10-,11+,12+,15+/m1/s1. The molecule has 3 aliphatic rings. The van der Waals surface area contributed by atoms with Gasteiger partial charge >= 0.3 is 0 Å². The van der Waals surface area contributed by atoms with Gasteiger partial charge in [0.05, 0.1) is 29.2 Å². The molecule has 4 nitrogen and oxygen atoms in total. The quantitative estimate of drug-likeness (QED) is 0.564. The molecule has 0 unspecified atom stereocenters. The second-order valence-electron chi connectivity index (χ2n) is 5.48. The van der Waals surface area contributed by atoms with E-state index in [2.05, 4.69) is 0 Å². The lowest BCUT2D eigenvalue weighted by Gasteiger charge is -2.24. The summed E-state index contributed by atoms with van der Waals surface area (Å²) in [4.78, 5) is 26.4. The van der Waals surface area contributed by atoms with Crippen molar-refractivity contribution >= 4 is 17.5 Å². The molecule has 0 spiro atoms. The van der Waals surface area contributed by atoms with E-state index in [9.17, 15) is 9.59 Å². The lowest BCUT2D eigenvalue weighted by molar-refractivity contribution is -0.126. The van der Waals surface area contributed by atoms with Crippen molar-refractivity contribution in [2.45, 2.75) is 18.6 Å². The number of rotatable bonds is 1. The minimum absolute atomic E-state index is 0.140. The first-order chi connectivity index (χ1) is 9.12. The summed E-state index contributed by atoms with van der Waals surface area (Å²) in [5, 5.41) is 0. The Morgan fingerprint density at radius 2 is 1.89 bits per heavy atom. The Hall–Kier alpha value is -1.94. The molecule has 2 amide bonds. The molecule has 4 rings (SSSR count). The zero-order chi connectivity index (χ0) is 13.2. The third-order valence-electron chi connectivity index (χ3n) is 4.34. The highest BCUT2D eigenvalue weighted by molar-refractivity contribution is 6.23. The van der Waals surface area contributed by atoms with Gasteiger partial charge < -0.3 is 4.74 Å². The average Bonchev–Trinajstić information content (AvgIpc) is 3.00. The topological polar surface area (TPSA) is 46.6 Å². The molecule has 2 saturated heterocycles. The molecule has 2 fully saturated rings. The molecular weight excluding hydrogens is 242 g/mol. The van der Waals surface area contributed by atoms with Crippen molar-refractivity contribution in [1.82, 2.24) is 0 Å². The van der Waals surface area contributed by atoms with Crippen molar-refractivity contribution < 1.29 is 14.3 Å². The van der Waals surface area contributed by atoms with Crippen molar-refractivity contribution in [3.8, 4) is 0 Å². The van der Waals surface area contributed by atoms with E-state index in [0.29, 0.717) is 5.69 Å². The summed E-state index contributed by atoms with van der Waals surface area (Å²) >= 11 is 0. The van der Waals surface area contributed by atoms with Crippen molar-refractivity contribution in [3.05, 3.63) is 42.5 Å². The van der Waals surface area contributed by atoms with Gasteiger partial charge in [0.15, 0.2) is 0 Å². The summed E-state index contributed by atoms with van der Waals surface area (Å²) in [6.45, 7) is 1.88. The molecule has 96 valence electrons. The monoisotopic (exact) mass is 255 g/mol. The number of amides is 2. The number of imide groups is 1. The summed E-state index contributed by atoms with van der Waals surface area (Å²) in [5.74, 6) is -1.02. The lowest BCUT2D eigenvalue weighted by Crippen LogP contribution is -2.38. The van der Waals surface area contributed by atoms with E-state index < -0.39 is 5.60 Å². The highest BCUT2D eigenvalue weighted by atomic mass is 16.5. The van der Waals surface area contributed by atoms with Gasteiger partial charge in [-0.1, -0.05) is 30.4 Å². The van der Waals surface area contributed by atoms with E-state index in [1.54, 1.807) is 12.1 Å². The Balaban J connectivity index is 1.80. The fourth-order valence-corrected chi connectivity index (χ4v) is 3.48. The first-order valence-electron chi connectivity index (χ1n) is 6.42. The number of hydrogen-bond donors (Lipinski definition) is 0. The first-order valence-corrected chi connectivity index (χ1v) is 6.42. The molecule has 3 aliphatic heterocycles. The fourth-order valence-electron chi connectivity index (χ4n) is 3.48. The summed E-state index contributed by atoms with van der Waals surface area (Å²) < 4.78 is 5.77. The second kappa shape index (κ2) is 3.33. The minimum Gasteiger partial charge on any atom is -0.362 e. The number of carbonyl (C=O) groups excluding carboxylic acids is 2. The van der Waals surface area contributed by atoms with E-state index in [-0.39, 0.29) is 29.8 Å². The third-order valence-corrected chi connectivity index (χ3v) is 4.34. The average molecular weight is 255 g/mol. The number of hydrogen-bond acceptors (Lipinski definition) is 3. The molecule has 0 radical (unpaired) electrons. The van der Waals surface area contributed by atoms with Crippen LogP contribution in [0.4, 0.5) is 5.69 Å². The van der Waals surface area contributed by atoms with Gasteiger partial charge in [0, 0.05) is 0 Å². The summed E-state index contributed by atoms with van der Waals surface area (Å²) in [7, 11) is 0. The normalized spacial score (nSPS) is 39.2. The highest BCUT2D eigenvalue weighted by Crippen LogP contribution is 2.52. The van der Waals surface area contributed by atoms with Gasteiger partial charge in [-0.3, -0.25) is 9.59 Å². The van der Waals surface area contributed by atoms with Crippen molar-refractivity contribution in [2.75, 3.05) is 4.90 Å². The molecule has 2 bridgehead atoms. The second-order valence-corrected chi connectivity index (χ2v) is 5.48. The van der Waals surface area contributed by atoms with Crippen LogP contribution in [0.25, 0.3) is 0 Å². The Labute approximate surface area is 110 Å². The molecule has 4 heteroatoms. The summed E-state index contributed by atoms with van der Waals surface area (Å²) in [5.41, 5.74) is 0.0286. The van der Waals surface area contributed by atoms with Crippen molar-refractivity contribution in [2.24, 2.45) is 11.8 Å². The first kappa shape index (κ1) is 10.9. The Bertz CT molecular complexity index is 609. The van der Waals surface area contributed by atoms with Crippen LogP contribution in [-0.4, -0.2) is 23.5 Å². The zero-order valence-corrected chi connectivity index (χ0v) is 10.4. The maximum atomic E-state index is 12.6. The van der Waals surface area contributed by atoms with Crippen molar-refractivity contribution in [3.63, 3.8) is 0 Å². The molecule has 0 saturated carbocycles. The molecule has 0 N–H and O–H groups in total. The minimum atomic E-state index is -0.619. The van der Waals surface area contributed by atoms with Crippen LogP contribution in [0.2, 0.25) is 0 Å². The van der Waals surface area contributed by atoms with Crippen LogP contribution in [0.1, 0.15) is 6.92 Å². The number of carbonyl (C=O) groups is 2. The predicted octanol–water partition coefficient (Wildman–Crippen LogP) is 1.52. The molecule has 3 heterocycles. The van der Waals surface area contributed by atoms with Crippen molar-refractivity contribution in [1.29, 1.82) is 0 Å². The molecule has 4 atom stereocenters. The van der Waals surface area contributed by atoms with E-state index in [1.807, 2.05) is 37.3 Å². The highest BCUT2D eigenvalue weighted by Gasteiger charge is 2.65. The molecule has 19 heavy (non-hydrogen) atoms. The number of anilines is 1. The van der Waals surface area contributed by atoms with Crippen LogP contribution in [0, 0.1) is 11.8 Å². The molecular formula is C15H13NO3. The predicted molar refractivity (Wildman–Crippen MR) is 68.3 cm³/mol. The third kappa shape index (κ3) is 1.22. The Kier molecular flexibility index (Phi) is 1.92. The summed E-state index contributed by atoms with van der Waals surface area (Å²) in [6, 6.07) is 9.10. The summed E-state index contributed by atoms with van der Waals surface area (Å²) in [6.07, 6.45) is 3.57. The molecule has 0 aromatic heterocycles. The zero-order valence-electron chi connectivity index (χ0n) is 10.4. The maximum absolute atomic E-state index is 12.6. The van der Waals surface area contributed by atoms with Gasteiger partial charge in [-0.05, 0) is 19.1 Å². The van der Waals surface area contributed by atoms with Crippen LogP contribution in [-0.2, 0) is 14.3 Å². The number of benzene rings is 1. The number of ether oxygens (including phenoxy) is 1.